The van der Waals surface area contributed by atoms with Crippen LogP contribution in [0.2, 0.25) is 0 Å². The highest BCUT2D eigenvalue weighted by atomic mass is 16.5. The molecule has 3 aliphatic rings. The summed E-state index contributed by atoms with van der Waals surface area (Å²) in [6.07, 6.45) is 7.59. The summed E-state index contributed by atoms with van der Waals surface area (Å²) < 4.78 is 5.88. The Kier molecular flexibility index (Phi) is 6.36. The highest BCUT2D eigenvalue weighted by Gasteiger charge is 2.27. The van der Waals surface area contributed by atoms with E-state index in [1.165, 1.54) is 32.2 Å². The van der Waals surface area contributed by atoms with Crippen LogP contribution in [0.1, 0.15) is 46.5 Å². The fourth-order valence-corrected chi connectivity index (χ4v) is 5.22. The Hall–Kier alpha value is -1.40. The van der Waals surface area contributed by atoms with Gasteiger partial charge in [-0.25, -0.2) is 9.97 Å². The van der Waals surface area contributed by atoms with E-state index in [0.717, 1.165) is 62.7 Å². The third-order valence-corrected chi connectivity index (χ3v) is 6.57. The van der Waals surface area contributed by atoms with Crippen LogP contribution in [0.25, 0.3) is 0 Å². The molecule has 156 valence electrons. The number of piperidine rings is 2. The zero-order valence-corrected chi connectivity index (χ0v) is 17.9. The molecule has 3 fully saturated rings. The summed E-state index contributed by atoms with van der Waals surface area (Å²) in [4.78, 5) is 16.7. The van der Waals surface area contributed by atoms with E-state index >= 15 is 0 Å². The van der Waals surface area contributed by atoms with Gasteiger partial charge in [-0.3, -0.25) is 4.90 Å². The first kappa shape index (κ1) is 19.9. The van der Waals surface area contributed by atoms with Crippen LogP contribution in [-0.2, 0) is 4.74 Å². The molecule has 28 heavy (non-hydrogen) atoms. The number of aromatic nitrogens is 2. The normalized spacial score (nSPS) is 30.6. The molecule has 6 nitrogen and oxygen atoms in total. The molecular weight excluding hydrogens is 350 g/mol. The van der Waals surface area contributed by atoms with Crippen molar-refractivity contribution in [2.24, 2.45) is 11.8 Å². The van der Waals surface area contributed by atoms with Gasteiger partial charge >= 0.3 is 0 Å². The van der Waals surface area contributed by atoms with E-state index in [9.17, 15) is 0 Å². The summed E-state index contributed by atoms with van der Waals surface area (Å²) in [5.41, 5.74) is 0. The standard InChI is InChI=1S/C22H37N5O/c1-17-5-4-8-27(12-17)22-11-21(23-16-24-22)26-9-6-20(7-10-26)15-25-13-18(2)28-19(3)14-25/h11,16-20H,4-10,12-15H2,1-3H3. The highest BCUT2D eigenvalue weighted by Crippen LogP contribution is 2.27. The van der Waals surface area contributed by atoms with Gasteiger partial charge in [-0.15, -0.1) is 0 Å². The Bertz CT molecular complexity index is 623. The predicted molar refractivity (Wildman–Crippen MR) is 114 cm³/mol. The maximum Gasteiger partial charge on any atom is 0.134 e. The molecule has 1 aromatic heterocycles. The van der Waals surface area contributed by atoms with Crippen LogP contribution in [-0.4, -0.2) is 72.9 Å². The average Bonchev–Trinajstić information content (AvgIpc) is 2.68. The number of hydrogen-bond donors (Lipinski definition) is 0. The lowest BCUT2D eigenvalue weighted by molar-refractivity contribution is -0.0720. The summed E-state index contributed by atoms with van der Waals surface area (Å²) in [5, 5.41) is 0. The van der Waals surface area contributed by atoms with Gasteiger partial charge in [0.2, 0.25) is 0 Å². The molecule has 0 amide bonds. The summed E-state index contributed by atoms with van der Waals surface area (Å²) in [7, 11) is 0. The molecule has 0 aromatic carbocycles. The van der Waals surface area contributed by atoms with Crippen molar-refractivity contribution in [3.05, 3.63) is 12.4 Å². The Morgan fingerprint density at radius 2 is 1.57 bits per heavy atom. The Labute approximate surface area is 170 Å². The SMILES string of the molecule is CC1CCCN(c2cc(N3CCC(CN4CC(C)OC(C)C4)CC3)ncn2)C1. The molecule has 3 atom stereocenters. The molecule has 6 heteroatoms. The Morgan fingerprint density at radius 1 is 0.893 bits per heavy atom. The third kappa shape index (κ3) is 4.95. The Morgan fingerprint density at radius 3 is 2.25 bits per heavy atom. The van der Waals surface area contributed by atoms with E-state index in [1.54, 1.807) is 6.33 Å². The number of morpholine rings is 1. The van der Waals surface area contributed by atoms with Gasteiger partial charge in [0.15, 0.2) is 0 Å². The monoisotopic (exact) mass is 387 g/mol. The van der Waals surface area contributed by atoms with Gasteiger partial charge in [0.05, 0.1) is 12.2 Å². The lowest BCUT2D eigenvalue weighted by atomic mass is 9.95. The van der Waals surface area contributed by atoms with Crippen LogP contribution in [0.5, 0.6) is 0 Å². The highest BCUT2D eigenvalue weighted by molar-refractivity contribution is 5.50. The third-order valence-electron chi connectivity index (χ3n) is 6.57. The number of hydrogen-bond acceptors (Lipinski definition) is 6. The lowest BCUT2D eigenvalue weighted by Gasteiger charge is -2.40. The van der Waals surface area contributed by atoms with Gasteiger partial charge < -0.3 is 14.5 Å². The van der Waals surface area contributed by atoms with Crippen LogP contribution in [0.4, 0.5) is 11.6 Å². The van der Waals surface area contributed by atoms with Crippen molar-refractivity contribution in [2.75, 3.05) is 55.6 Å². The van der Waals surface area contributed by atoms with Gasteiger partial charge in [-0.05, 0) is 51.4 Å². The number of rotatable bonds is 4. The van der Waals surface area contributed by atoms with Crippen molar-refractivity contribution in [3.8, 4) is 0 Å². The van der Waals surface area contributed by atoms with Crippen molar-refractivity contribution in [1.29, 1.82) is 0 Å². The molecule has 0 radical (unpaired) electrons. The summed E-state index contributed by atoms with van der Waals surface area (Å²) in [5.74, 6) is 3.76. The lowest BCUT2D eigenvalue weighted by Crippen LogP contribution is -2.48. The molecular formula is C22H37N5O. The van der Waals surface area contributed by atoms with Crippen LogP contribution in [0, 0.1) is 11.8 Å². The van der Waals surface area contributed by atoms with Crippen LogP contribution in [0.15, 0.2) is 12.4 Å². The van der Waals surface area contributed by atoms with Crippen LogP contribution < -0.4 is 9.80 Å². The fraction of sp³-hybridized carbons (Fsp3) is 0.818. The molecule has 0 bridgehead atoms. The second kappa shape index (κ2) is 8.95. The first-order chi connectivity index (χ1) is 13.6. The van der Waals surface area contributed by atoms with E-state index in [4.69, 9.17) is 4.74 Å². The zero-order valence-electron chi connectivity index (χ0n) is 17.9. The van der Waals surface area contributed by atoms with E-state index < -0.39 is 0 Å². The van der Waals surface area contributed by atoms with E-state index in [-0.39, 0.29) is 0 Å². The van der Waals surface area contributed by atoms with Crippen molar-refractivity contribution in [2.45, 2.75) is 58.7 Å². The molecule has 3 unspecified atom stereocenters. The molecule has 0 saturated carbocycles. The maximum atomic E-state index is 5.88. The molecule has 0 aliphatic carbocycles. The first-order valence-corrected chi connectivity index (χ1v) is 11.3. The minimum absolute atomic E-state index is 0.362. The minimum Gasteiger partial charge on any atom is -0.373 e. The largest absolute Gasteiger partial charge is 0.373 e. The van der Waals surface area contributed by atoms with Gasteiger partial charge in [0.1, 0.15) is 18.0 Å². The van der Waals surface area contributed by atoms with Crippen LogP contribution >= 0.6 is 0 Å². The number of ether oxygens (including phenoxy) is 1. The quantitative estimate of drug-likeness (QED) is 0.791. The molecule has 0 spiro atoms. The topological polar surface area (TPSA) is 44.7 Å². The molecule has 4 heterocycles. The molecule has 0 N–H and O–H groups in total. The van der Waals surface area contributed by atoms with E-state index in [1.807, 2.05) is 0 Å². The van der Waals surface area contributed by atoms with Crippen molar-refractivity contribution in [1.82, 2.24) is 14.9 Å². The van der Waals surface area contributed by atoms with Gasteiger partial charge in [-0.1, -0.05) is 6.92 Å². The predicted octanol–water partition coefficient (Wildman–Crippen LogP) is 3.04. The molecule has 4 rings (SSSR count). The number of anilines is 2. The van der Waals surface area contributed by atoms with Crippen molar-refractivity contribution in [3.63, 3.8) is 0 Å². The van der Waals surface area contributed by atoms with Gasteiger partial charge in [0, 0.05) is 51.9 Å². The first-order valence-electron chi connectivity index (χ1n) is 11.3. The molecule has 1 aromatic rings. The van der Waals surface area contributed by atoms with Crippen molar-refractivity contribution >= 4 is 11.6 Å². The minimum atomic E-state index is 0.362. The molecule has 3 aliphatic heterocycles. The zero-order chi connectivity index (χ0) is 19.5. The number of nitrogens with zero attached hydrogens (tertiary/aromatic N) is 5. The summed E-state index contributed by atoms with van der Waals surface area (Å²) in [6.45, 7) is 14.6. The summed E-state index contributed by atoms with van der Waals surface area (Å²) in [6, 6.07) is 2.21. The van der Waals surface area contributed by atoms with Crippen LogP contribution in [0.3, 0.4) is 0 Å². The second-order valence-electron chi connectivity index (χ2n) is 9.33. The maximum absolute atomic E-state index is 5.88. The van der Waals surface area contributed by atoms with Crippen molar-refractivity contribution < 1.29 is 4.74 Å². The smallest absolute Gasteiger partial charge is 0.134 e. The Balaban J connectivity index is 1.31. The van der Waals surface area contributed by atoms with E-state index in [0.29, 0.717) is 12.2 Å². The van der Waals surface area contributed by atoms with Gasteiger partial charge in [0.25, 0.3) is 0 Å². The van der Waals surface area contributed by atoms with E-state index in [2.05, 4.69) is 51.5 Å². The van der Waals surface area contributed by atoms with Gasteiger partial charge in [-0.2, -0.15) is 0 Å². The summed E-state index contributed by atoms with van der Waals surface area (Å²) >= 11 is 0. The fourth-order valence-electron chi connectivity index (χ4n) is 5.22. The average molecular weight is 388 g/mol. The second-order valence-corrected chi connectivity index (χ2v) is 9.33. The molecule has 3 saturated heterocycles.